The SMILES string of the molecule is COCCCNC(=O)[C@@H]1CCCC[C@@H]1c1ncc(-c2ccc(-c3ccc(-c4cnc([C@@H]5CCCN5C(=O)C(NC(=O)OC)C(C)C)[nH]4)cc3)cc2)[nH]1. The van der Waals surface area contributed by atoms with E-state index in [4.69, 9.17) is 14.5 Å². The normalized spacial score (nSPS) is 19.4. The number of hydrogen-bond donors (Lipinski definition) is 4. The van der Waals surface area contributed by atoms with E-state index in [9.17, 15) is 14.4 Å². The molecule has 1 saturated heterocycles. The summed E-state index contributed by atoms with van der Waals surface area (Å²) in [5.74, 6) is 1.52. The van der Waals surface area contributed by atoms with E-state index in [1.807, 2.05) is 31.1 Å². The van der Waals surface area contributed by atoms with Crippen LogP contribution in [-0.4, -0.2) is 82.7 Å². The lowest BCUT2D eigenvalue weighted by molar-refractivity contribution is -0.135. The van der Waals surface area contributed by atoms with Crippen LogP contribution in [-0.2, 0) is 19.1 Å². The van der Waals surface area contributed by atoms with Gasteiger partial charge in [0.25, 0.3) is 0 Å². The van der Waals surface area contributed by atoms with Crippen LogP contribution < -0.4 is 10.6 Å². The summed E-state index contributed by atoms with van der Waals surface area (Å²) < 4.78 is 9.87. The first-order valence-corrected chi connectivity index (χ1v) is 18.5. The van der Waals surface area contributed by atoms with Crippen molar-refractivity contribution in [2.45, 2.75) is 76.8 Å². The molecule has 1 aliphatic carbocycles. The van der Waals surface area contributed by atoms with Gasteiger partial charge in [0.05, 0.1) is 36.9 Å². The van der Waals surface area contributed by atoms with Crippen LogP contribution in [0.5, 0.6) is 0 Å². The molecule has 2 aliphatic rings. The van der Waals surface area contributed by atoms with Crippen LogP contribution >= 0.6 is 0 Å². The Bertz CT molecular complexity index is 1800. The van der Waals surface area contributed by atoms with Crippen molar-refractivity contribution in [2.75, 3.05) is 33.9 Å². The fourth-order valence-electron chi connectivity index (χ4n) is 7.53. The Kier molecular flexibility index (Phi) is 12.1. The third-order valence-electron chi connectivity index (χ3n) is 10.4. The van der Waals surface area contributed by atoms with Crippen molar-refractivity contribution in [3.05, 3.63) is 72.6 Å². The van der Waals surface area contributed by atoms with Gasteiger partial charge in [0.15, 0.2) is 0 Å². The predicted molar refractivity (Wildman–Crippen MR) is 199 cm³/mol. The van der Waals surface area contributed by atoms with Gasteiger partial charge in [-0.25, -0.2) is 14.8 Å². The molecule has 12 heteroatoms. The van der Waals surface area contributed by atoms with Gasteiger partial charge in [-0.15, -0.1) is 0 Å². The van der Waals surface area contributed by atoms with Gasteiger partial charge in [0.1, 0.15) is 17.7 Å². The van der Waals surface area contributed by atoms with Crippen molar-refractivity contribution >= 4 is 17.9 Å². The summed E-state index contributed by atoms with van der Waals surface area (Å²) in [5.41, 5.74) is 6.05. The van der Waals surface area contributed by atoms with E-state index in [2.05, 4.69) is 74.1 Å². The Morgan fingerprint density at radius 1 is 0.827 bits per heavy atom. The second-order valence-electron chi connectivity index (χ2n) is 14.2. The van der Waals surface area contributed by atoms with E-state index in [0.717, 1.165) is 90.2 Å². The summed E-state index contributed by atoms with van der Waals surface area (Å²) in [6.07, 6.45) is 9.53. The van der Waals surface area contributed by atoms with Crippen LogP contribution in [0.4, 0.5) is 4.79 Å². The molecule has 4 N–H and O–H groups in total. The monoisotopic (exact) mass is 709 g/mol. The molecule has 6 rings (SSSR count). The lowest BCUT2D eigenvalue weighted by Crippen LogP contribution is -2.51. The lowest BCUT2D eigenvalue weighted by Gasteiger charge is -2.30. The molecule has 2 aromatic heterocycles. The number of aromatic amines is 2. The Morgan fingerprint density at radius 3 is 2.04 bits per heavy atom. The van der Waals surface area contributed by atoms with E-state index in [1.54, 1.807) is 7.11 Å². The van der Waals surface area contributed by atoms with E-state index in [-0.39, 0.29) is 35.6 Å². The summed E-state index contributed by atoms with van der Waals surface area (Å²) in [5, 5.41) is 5.80. The molecular weight excluding hydrogens is 658 g/mol. The number of nitrogens with one attached hydrogen (secondary N) is 4. The number of hydrogen-bond acceptors (Lipinski definition) is 7. The van der Waals surface area contributed by atoms with Gasteiger partial charge < -0.3 is 35.0 Å². The Balaban J connectivity index is 1.09. The molecule has 276 valence electrons. The minimum atomic E-state index is -0.674. The lowest BCUT2D eigenvalue weighted by atomic mass is 9.78. The highest BCUT2D eigenvalue weighted by molar-refractivity contribution is 5.86. The first kappa shape index (κ1) is 36.8. The molecule has 0 spiro atoms. The zero-order valence-corrected chi connectivity index (χ0v) is 30.6. The number of imidazole rings is 2. The van der Waals surface area contributed by atoms with E-state index >= 15 is 0 Å². The van der Waals surface area contributed by atoms with Crippen LogP contribution in [0.1, 0.15) is 82.4 Å². The van der Waals surface area contributed by atoms with Crippen molar-refractivity contribution in [1.82, 2.24) is 35.5 Å². The Morgan fingerprint density at radius 2 is 1.42 bits per heavy atom. The number of rotatable bonds is 13. The molecule has 2 aromatic carbocycles. The van der Waals surface area contributed by atoms with Crippen molar-refractivity contribution in [2.24, 2.45) is 11.8 Å². The molecule has 2 fully saturated rings. The van der Waals surface area contributed by atoms with Crippen LogP contribution in [0.15, 0.2) is 60.9 Å². The minimum Gasteiger partial charge on any atom is -0.453 e. The van der Waals surface area contributed by atoms with Crippen molar-refractivity contribution < 1.29 is 23.9 Å². The zero-order valence-electron chi connectivity index (χ0n) is 30.6. The highest BCUT2D eigenvalue weighted by Crippen LogP contribution is 2.38. The van der Waals surface area contributed by atoms with E-state index < -0.39 is 12.1 Å². The summed E-state index contributed by atoms with van der Waals surface area (Å²) >= 11 is 0. The molecule has 3 amide bonds. The number of nitrogens with zero attached hydrogens (tertiary/aromatic N) is 3. The van der Waals surface area contributed by atoms with Gasteiger partial charge >= 0.3 is 6.09 Å². The second-order valence-corrected chi connectivity index (χ2v) is 14.2. The standard InChI is InChI=1S/C40H51N7O5/c1-25(2)35(46-40(50)52-4)39(49)47-21-7-11-34(47)37-43-24-33(45-37)29-18-14-27(15-19-29)26-12-16-28(17-13-26)32-23-42-36(44-32)30-9-5-6-10-31(30)38(48)41-20-8-22-51-3/h12-19,23-25,30-31,34-35H,5-11,20-22H2,1-4H3,(H,41,48)(H,42,44)(H,43,45)(H,46,50)/t30-,31+,34-,35?/m0/s1. The molecular formula is C40H51N7O5. The molecule has 0 radical (unpaired) electrons. The molecule has 1 aliphatic heterocycles. The molecule has 1 unspecified atom stereocenters. The Labute approximate surface area is 305 Å². The third-order valence-corrected chi connectivity index (χ3v) is 10.4. The van der Waals surface area contributed by atoms with Crippen molar-refractivity contribution in [3.8, 4) is 33.6 Å². The molecule has 1 saturated carbocycles. The number of amides is 3. The van der Waals surface area contributed by atoms with Gasteiger partial charge in [0.2, 0.25) is 11.8 Å². The number of likely N-dealkylation sites (tertiary alicyclic amines) is 1. The third kappa shape index (κ3) is 8.39. The fourth-order valence-corrected chi connectivity index (χ4v) is 7.53. The van der Waals surface area contributed by atoms with Gasteiger partial charge in [-0.1, -0.05) is 75.2 Å². The first-order chi connectivity index (χ1) is 25.3. The maximum Gasteiger partial charge on any atom is 0.407 e. The second kappa shape index (κ2) is 17.0. The quantitative estimate of drug-likeness (QED) is 0.114. The number of aromatic nitrogens is 4. The van der Waals surface area contributed by atoms with Crippen LogP contribution in [0.25, 0.3) is 33.6 Å². The predicted octanol–water partition coefficient (Wildman–Crippen LogP) is 6.60. The number of ether oxygens (including phenoxy) is 2. The van der Waals surface area contributed by atoms with Crippen LogP contribution in [0, 0.1) is 11.8 Å². The molecule has 4 aromatic rings. The highest BCUT2D eigenvalue weighted by atomic mass is 16.5. The number of carbonyl (C=O) groups excluding carboxylic acids is 3. The molecule has 52 heavy (non-hydrogen) atoms. The topological polar surface area (TPSA) is 154 Å². The van der Waals surface area contributed by atoms with Crippen LogP contribution in [0.3, 0.4) is 0 Å². The minimum absolute atomic E-state index is 0.0742. The largest absolute Gasteiger partial charge is 0.453 e. The van der Waals surface area contributed by atoms with Gasteiger partial charge in [-0.3, -0.25) is 9.59 Å². The van der Waals surface area contributed by atoms with Crippen LogP contribution in [0.2, 0.25) is 0 Å². The van der Waals surface area contributed by atoms with Gasteiger partial charge in [-0.05, 0) is 60.3 Å². The maximum absolute atomic E-state index is 13.5. The molecule has 12 nitrogen and oxygen atoms in total. The summed E-state index contributed by atoms with van der Waals surface area (Å²) in [4.78, 5) is 56.7. The maximum atomic E-state index is 13.5. The Hall–Kier alpha value is -4.97. The van der Waals surface area contributed by atoms with Crippen molar-refractivity contribution in [3.63, 3.8) is 0 Å². The smallest absolute Gasteiger partial charge is 0.407 e. The van der Waals surface area contributed by atoms with Gasteiger partial charge in [0, 0.05) is 38.6 Å². The summed E-state index contributed by atoms with van der Waals surface area (Å²) in [7, 11) is 2.97. The average molecular weight is 710 g/mol. The van der Waals surface area contributed by atoms with E-state index in [1.165, 1.54) is 7.11 Å². The average Bonchev–Trinajstić information content (AvgIpc) is 3.97. The number of carbonyl (C=O) groups is 3. The molecule has 3 heterocycles. The number of methoxy groups -OCH3 is 2. The fraction of sp³-hybridized carbons (Fsp3) is 0.475. The number of H-pyrrole nitrogens is 2. The molecule has 4 atom stereocenters. The molecule has 0 bridgehead atoms. The van der Waals surface area contributed by atoms with E-state index in [0.29, 0.717) is 19.7 Å². The summed E-state index contributed by atoms with van der Waals surface area (Å²) in [6, 6.07) is 15.9. The first-order valence-electron chi connectivity index (χ1n) is 18.5. The summed E-state index contributed by atoms with van der Waals surface area (Å²) in [6.45, 7) is 5.68. The number of benzene rings is 2. The highest BCUT2D eigenvalue weighted by Gasteiger charge is 2.38. The van der Waals surface area contributed by atoms with Crippen molar-refractivity contribution in [1.29, 1.82) is 0 Å². The zero-order chi connectivity index (χ0) is 36.6. The van der Waals surface area contributed by atoms with Gasteiger partial charge in [-0.2, -0.15) is 0 Å². The number of alkyl carbamates (subject to hydrolysis) is 1.